The van der Waals surface area contributed by atoms with E-state index in [4.69, 9.17) is 18.9 Å². The van der Waals surface area contributed by atoms with Gasteiger partial charge in [-0.25, -0.2) is 14.4 Å². The summed E-state index contributed by atoms with van der Waals surface area (Å²) >= 11 is 0. The molecule has 0 saturated carbocycles. The summed E-state index contributed by atoms with van der Waals surface area (Å²) in [6.45, 7) is -0.454. The molecule has 1 heterocycles. The Morgan fingerprint density at radius 3 is 1.58 bits per heavy atom. The number of esters is 3. The maximum Gasteiger partial charge on any atom is 0.340 e. The van der Waals surface area contributed by atoms with Gasteiger partial charge in [-0.15, -0.1) is 0 Å². The highest BCUT2D eigenvalue weighted by atomic mass is 16.7. The first-order valence-corrected chi connectivity index (χ1v) is 11.2. The molecule has 0 radical (unpaired) electrons. The van der Waals surface area contributed by atoms with E-state index in [1.165, 1.54) is 24.3 Å². The van der Waals surface area contributed by atoms with Gasteiger partial charge in [-0.3, -0.25) is 0 Å². The summed E-state index contributed by atoms with van der Waals surface area (Å²) in [5.41, 5.74) is 0.665. The molecule has 3 aromatic rings. The molecular formula is C27H24O9. The number of aliphatic hydroxyl groups is 2. The van der Waals surface area contributed by atoms with E-state index in [0.717, 1.165) is 0 Å². The summed E-state index contributed by atoms with van der Waals surface area (Å²) in [5, 5.41) is 21.4. The maximum absolute atomic E-state index is 12.7. The van der Waals surface area contributed by atoms with Crippen LogP contribution >= 0.6 is 0 Å². The van der Waals surface area contributed by atoms with Crippen molar-refractivity contribution in [2.45, 2.75) is 30.7 Å². The van der Waals surface area contributed by atoms with Crippen LogP contribution in [0.1, 0.15) is 31.1 Å². The Labute approximate surface area is 206 Å². The summed E-state index contributed by atoms with van der Waals surface area (Å²) in [6, 6.07) is 24.2. The van der Waals surface area contributed by atoms with E-state index in [0.29, 0.717) is 0 Å². The minimum Gasteiger partial charge on any atom is -0.459 e. The minimum atomic E-state index is -1.71. The third kappa shape index (κ3) is 5.95. The molecule has 1 saturated heterocycles. The van der Waals surface area contributed by atoms with E-state index < -0.39 is 55.2 Å². The van der Waals surface area contributed by atoms with Crippen molar-refractivity contribution in [2.24, 2.45) is 0 Å². The van der Waals surface area contributed by atoms with Crippen molar-refractivity contribution >= 4 is 17.9 Å². The van der Waals surface area contributed by atoms with Gasteiger partial charge in [0.15, 0.2) is 6.10 Å². The number of carbonyl (C=O) groups excluding carboxylic acids is 3. The molecule has 3 aromatic carbocycles. The number of carbonyl (C=O) groups is 3. The van der Waals surface area contributed by atoms with Crippen molar-refractivity contribution in [2.75, 3.05) is 6.61 Å². The Hall–Kier alpha value is -4.05. The Morgan fingerprint density at radius 1 is 0.639 bits per heavy atom. The minimum absolute atomic E-state index is 0.186. The average Bonchev–Trinajstić information content (AvgIpc) is 2.93. The van der Waals surface area contributed by atoms with Crippen LogP contribution in [0.2, 0.25) is 0 Å². The van der Waals surface area contributed by atoms with Gasteiger partial charge in [0.2, 0.25) is 6.29 Å². The van der Waals surface area contributed by atoms with Crippen molar-refractivity contribution in [3.8, 4) is 0 Å². The third-order valence-electron chi connectivity index (χ3n) is 5.52. The molecule has 0 unspecified atom stereocenters. The lowest BCUT2D eigenvalue weighted by Gasteiger charge is -2.41. The average molecular weight is 492 g/mol. The molecule has 2 N–H and O–H groups in total. The molecule has 0 spiro atoms. The van der Waals surface area contributed by atoms with Gasteiger partial charge in [-0.1, -0.05) is 54.6 Å². The fourth-order valence-corrected chi connectivity index (χ4v) is 3.59. The summed E-state index contributed by atoms with van der Waals surface area (Å²) in [5.74, 6) is -2.29. The number of ether oxygens (including phenoxy) is 4. The van der Waals surface area contributed by atoms with Crippen molar-refractivity contribution < 1.29 is 43.5 Å². The molecule has 5 atom stereocenters. The van der Waals surface area contributed by atoms with Crippen LogP contribution in [-0.4, -0.2) is 65.4 Å². The second-order valence-corrected chi connectivity index (χ2v) is 8.00. The second kappa shape index (κ2) is 11.6. The first kappa shape index (κ1) is 25.1. The highest BCUT2D eigenvalue weighted by Crippen LogP contribution is 2.27. The summed E-state index contributed by atoms with van der Waals surface area (Å²) in [4.78, 5) is 37.6. The SMILES string of the molecule is O=C(OC[C@H]1O[C@@H](OC(=O)c2ccccc2)[C@H](OC(=O)c2ccccc2)[C@@H](O)[C@@H]1O)c1ccccc1. The molecule has 4 rings (SSSR count). The molecule has 9 heteroatoms. The molecule has 186 valence electrons. The zero-order chi connectivity index (χ0) is 25.5. The summed E-state index contributed by atoms with van der Waals surface area (Å²) < 4.78 is 21.7. The van der Waals surface area contributed by atoms with Crippen LogP contribution < -0.4 is 0 Å². The van der Waals surface area contributed by atoms with Gasteiger partial charge in [0.05, 0.1) is 16.7 Å². The molecule has 0 aliphatic carbocycles. The van der Waals surface area contributed by atoms with E-state index >= 15 is 0 Å². The second-order valence-electron chi connectivity index (χ2n) is 8.00. The van der Waals surface area contributed by atoms with Crippen molar-refractivity contribution in [1.29, 1.82) is 0 Å². The van der Waals surface area contributed by atoms with Crippen molar-refractivity contribution in [3.63, 3.8) is 0 Å². The smallest absolute Gasteiger partial charge is 0.340 e. The molecule has 36 heavy (non-hydrogen) atoms. The van der Waals surface area contributed by atoms with Gasteiger partial charge in [-0.05, 0) is 36.4 Å². The van der Waals surface area contributed by atoms with Crippen LogP contribution in [0.4, 0.5) is 0 Å². The predicted molar refractivity (Wildman–Crippen MR) is 125 cm³/mol. The normalized spacial score (nSPS) is 23.3. The topological polar surface area (TPSA) is 129 Å². The fraction of sp³-hybridized carbons (Fsp3) is 0.222. The lowest BCUT2D eigenvalue weighted by molar-refractivity contribution is -0.284. The van der Waals surface area contributed by atoms with Crippen LogP contribution in [0.5, 0.6) is 0 Å². The Kier molecular flexibility index (Phi) is 8.06. The number of hydrogen-bond acceptors (Lipinski definition) is 9. The Balaban J connectivity index is 1.51. The quantitative estimate of drug-likeness (QED) is 0.377. The van der Waals surface area contributed by atoms with Gasteiger partial charge in [0.25, 0.3) is 0 Å². The van der Waals surface area contributed by atoms with E-state index in [1.54, 1.807) is 66.7 Å². The van der Waals surface area contributed by atoms with Gasteiger partial charge < -0.3 is 29.2 Å². The van der Waals surface area contributed by atoms with E-state index in [2.05, 4.69) is 0 Å². The summed E-state index contributed by atoms with van der Waals surface area (Å²) in [7, 11) is 0. The standard InChI is InChI=1S/C27H24O9/c28-21-20(16-33-24(30)17-10-4-1-5-11-17)34-27(36-26(32)19-14-8-3-9-15-19)23(22(21)29)35-25(31)18-12-6-2-7-13-18/h1-15,20-23,27-29H,16H2/t20-,21-,22+,23-,27+/m1/s1. The molecule has 0 bridgehead atoms. The molecule has 0 amide bonds. The first-order valence-electron chi connectivity index (χ1n) is 11.2. The van der Waals surface area contributed by atoms with Gasteiger partial charge in [0, 0.05) is 0 Å². The molecule has 1 aliphatic rings. The zero-order valence-corrected chi connectivity index (χ0v) is 19.0. The van der Waals surface area contributed by atoms with Gasteiger partial charge in [-0.2, -0.15) is 0 Å². The van der Waals surface area contributed by atoms with E-state index in [9.17, 15) is 24.6 Å². The van der Waals surface area contributed by atoms with Crippen LogP contribution in [0.25, 0.3) is 0 Å². The monoisotopic (exact) mass is 492 g/mol. The van der Waals surface area contributed by atoms with E-state index in [-0.39, 0.29) is 16.7 Å². The molecule has 9 nitrogen and oxygen atoms in total. The van der Waals surface area contributed by atoms with E-state index in [1.807, 2.05) is 0 Å². The molecule has 0 aromatic heterocycles. The molecule has 1 fully saturated rings. The van der Waals surface area contributed by atoms with Gasteiger partial charge >= 0.3 is 17.9 Å². The fourth-order valence-electron chi connectivity index (χ4n) is 3.59. The number of hydrogen-bond donors (Lipinski definition) is 2. The van der Waals surface area contributed by atoms with Crippen LogP contribution in [-0.2, 0) is 18.9 Å². The molecule has 1 aliphatic heterocycles. The first-order chi connectivity index (χ1) is 17.4. The maximum atomic E-state index is 12.7. The lowest BCUT2D eigenvalue weighted by atomic mass is 9.99. The highest BCUT2D eigenvalue weighted by molar-refractivity contribution is 5.90. The Bertz CT molecular complexity index is 1170. The van der Waals surface area contributed by atoms with Crippen molar-refractivity contribution in [3.05, 3.63) is 108 Å². The highest BCUT2D eigenvalue weighted by Gasteiger charge is 2.49. The largest absolute Gasteiger partial charge is 0.459 e. The Morgan fingerprint density at radius 2 is 1.08 bits per heavy atom. The van der Waals surface area contributed by atoms with Crippen LogP contribution in [0.3, 0.4) is 0 Å². The third-order valence-corrected chi connectivity index (χ3v) is 5.52. The number of benzene rings is 3. The molecular weight excluding hydrogens is 468 g/mol. The van der Waals surface area contributed by atoms with Crippen LogP contribution in [0.15, 0.2) is 91.0 Å². The van der Waals surface area contributed by atoms with Crippen molar-refractivity contribution in [1.82, 2.24) is 0 Å². The summed E-state index contributed by atoms with van der Waals surface area (Å²) in [6.07, 6.45) is -7.74. The number of rotatable bonds is 7. The van der Waals surface area contributed by atoms with Crippen LogP contribution in [0, 0.1) is 0 Å². The van der Waals surface area contributed by atoms with Gasteiger partial charge in [0.1, 0.15) is 24.9 Å². The predicted octanol–water partition coefficient (Wildman–Crippen LogP) is 2.37. The zero-order valence-electron chi connectivity index (χ0n) is 19.0. The lowest BCUT2D eigenvalue weighted by Crippen LogP contribution is -2.61. The number of aliphatic hydroxyl groups excluding tert-OH is 2.